The molecule has 3 rings (SSSR count). The van der Waals surface area contributed by atoms with Gasteiger partial charge in [0.2, 0.25) is 5.75 Å². The Morgan fingerprint density at radius 3 is 2.95 bits per heavy atom. The highest BCUT2D eigenvalue weighted by atomic mass is 16.5. The normalized spacial score (nSPS) is 26.3. The van der Waals surface area contributed by atoms with Crippen LogP contribution in [0.1, 0.15) is 26.2 Å². The third-order valence-corrected chi connectivity index (χ3v) is 4.59. The zero-order chi connectivity index (χ0) is 14.8. The van der Waals surface area contributed by atoms with E-state index in [1.54, 1.807) is 7.11 Å². The summed E-state index contributed by atoms with van der Waals surface area (Å²) in [5.74, 6) is 7.50. The number of fused-ring (bicyclic) bond motifs is 1. The molecule has 116 valence electrons. The lowest BCUT2D eigenvalue weighted by molar-refractivity contribution is 0.115. The van der Waals surface area contributed by atoms with E-state index < -0.39 is 0 Å². The highest BCUT2D eigenvalue weighted by molar-refractivity contribution is 5.65. The smallest absolute Gasteiger partial charge is 0.205 e. The molecule has 2 saturated heterocycles. The SMILES string of the molecule is COc1c(NN)ncnc1N1CC2CCCCN2CC1C. The monoisotopic (exact) mass is 292 g/mol. The van der Waals surface area contributed by atoms with Crippen LogP contribution in [0.15, 0.2) is 6.33 Å². The first kappa shape index (κ1) is 14.3. The second kappa shape index (κ2) is 6.03. The molecule has 0 saturated carbocycles. The molecule has 1 aromatic heterocycles. The fourth-order valence-electron chi connectivity index (χ4n) is 3.51. The number of piperazine rings is 1. The summed E-state index contributed by atoms with van der Waals surface area (Å²) in [4.78, 5) is 13.5. The molecule has 2 aliphatic rings. The van der Waals surface area contributed by atoms with Crippen LogP contribution >= 0.6 is 0 Å². The fraction of sp³-hybridized carbons (Fsp3) is 0.714. The summed E-state index contributed by atoms with van der Waals surface area (Å²) in [6.07, 6.45) is 5.44. The topological polar surface area (TPSA) is 79.5 Å². The third-order valence-electron chi connectivity index (χ3n) is 4.59. The first-order valence-corrected chi connectivity index (χ1v) is 7.61. The van der Waals surface area contributed by atoms with Crippen LogP contribution < -0.4 is 20.9 Å². The van der Waals surface area contributed by atoms with Gasteiger partial charge in [0.05, 0.1) is 7.11 Å². The number of rotatable bonds is 3. The van der Waals surface area contributed by atoms with Gasteiger partial charge in [-0.05, 0) is 26.3 Å². The molecule has 0 spiro atoms. The van der Waals surface area contributed by atoms with Gasteiger partial charge in [-0.15, -0.1) is 0 Å². The van der Waals surface area contributed by atoms with Gasteiger partial charge in [0.1, 0.15) is 6.33 Å². The predicted molar refractivity (Wildman–Crippen MR) is 82.4 cm³/mol. The number of hydrogen-bond donors (Lipinski definition) is 2. The predicted octanol–water partition coefficient (Wildman–Crippen LogP) is 0.834. The summed E-state index contributed by atoms with van der Waals surface area (Å²) in [7, 11) is 1.63. The van der Waals surface area contributed by atoms with Crippen molar-refractivity contribution < 1.29 is 4.74 Å². The largest absolute Gasteiger partial charge is 0.490 e. The fourth-order valence-corrected chi connectivity index (χ4v) is 3.51. The molecule has 3 N–H and O–H groups in total. The van der Waals surface area contributed by atoms with Crippen LogP contribution in [0.2, 0.25) is 0 Å². The maximum absolute atomic E-state index is 5.52. The molecular weight excluding hydrogens is 268 g/mol. The second-order valence-corrected chi connectivity index (χ2v) is 5.87. The van der Waals surface area contributed by atoms with E-state index in [-0.39, 0.29) is 0 Å². The van der Waals surface area contributed by atoms with Crippen molar-refractivity contribution in [2.24, 2.45) is 5.84 Å². The van der Waals surface area contributed by atoms with Crippen LogP contribution in [0.3, 0.4) is 0 Å². The Labute approximate surface area is 125 Å². The molecule has 21 heavy (non-hydrogen) atoms. The van der Waals surface area contributed by atoms with Crippen molar-refractivity contribution in [1.82, 2.24) is 14.9 Å². The van der Waals surface area contributed by atoms with Crippen LogP contribution in [0.4, 0.5) is 11.6 Å². The Kier molecular flexibility index (Phi) is 4.12. The van der Waals surface area contributed by atoms with E-state index in [0.29, 0.717) is 23.7 Å². The zero-order valence-corrected chi connectivity index (χ0v) is 12.7. The molecule has 3 heterocycles. The average molecular weight is 292 g/mol. The van der Waals surface area contributed by atoms with Crippen molar-refractivity contribution in [3.8, 4) is 5.75 Å². The molecule has 0 bridgehead atoms. The lowest BCUT2D eigenvalue weighted by atomic mass is 9.97. The molecule has 0 radical (unpaired) electrons. The molecular formula is C14H24N6O. The number of nitrogens with two attached hydrogens (primary N) is 1. The number of aromatic nitrogens is 2. The van der Waals surface area contributed by atoms with E-state index in [1.165, 1.54) is 32.1 Å². The number of nitrogens with one attached hydrogen (secondary N) is 1. The Bertz CT molecular complexity index is 496. The van der Waals surface area contributed by atoms with Crippen molar-refractivity contribution in [3.63, 3.8) is 0 Å². The van der Waals surface area contributed by atoms with Gasteiger partial charge in [0.25, 0.3) is 0 Å². The van der Waals surface area contributed by atoms with Gasteiger partial charge in [0, 0.05) is 25.2 Å². The van der Waals surface area contributed by atoms with Gasteiger partial charge in [-0.3, -0.25) is 4.90 Å². The highest BCUT2D eigenvalue weighted by Crippen LogP contribution is 2.35. The molecule has 2 unspecified atom stereocenters. The number of hydrogen-bond acceptors (Lipinski definition) is 7. The van der Waals surface area contributed by atoms with Gasteiger partial charge in [-0.25, -0.2) is 15.8 Å². The summed E-state index contributed by atoms with van der Waals surface area (Å²) in [6, 6.07) is 1.01. The van der Waals surface area contributed by atoms with E-state index in [2.05, 4.69) is 32.1 Å². The quantitative estimate of drug-likeness (QED) is 0.631. The first-order valence-electron chi connectivity index (χ1n) is 7.61. The van der Waals surface area contributed by atoms with Gasteiger partial charge in [-0.2, -0.15) is 0 Å². The highest BCUT2D eigenvalue weighted by Gasteiger charge is 2.35. The van der Waals surface area contributed by atoms with Crippen molar-refractivity contribution >= 4 is 11.6 Å². The number of nitrogen functional groups attached to an aromatic ring is 1. The lowest BCUT2D eigenvalue weighted by Gasteiger charge is -2.48. The number of methoxy groups -OCH3 is 1. The van der Waals surface area contributed by atoms with Crippen LogP contribution in [-0.4, -0.2) is 53.7 Å². The van der Waals surface area contributed by atoms with Crippen LogP contribution in [0, 0.1) is 0 Å². The van der Waals surface area contributed by atoms with Gasteiger partial charge >= 0.3 is 0 Å². The standard InChI is InChI=1S/C14H24N6O/c1-10-7-19-6-4-3-5-11(19)8-20(10)14-12(21-2)13(18-15)16-9-17-14/h9-11H,3-8,15H2,1-2H3,(H,16,17,18). The zero-order valence-electron chi connectivity index (χ0n) is 12.7. The van der Waals surface area contributed by atoms with E-state index in [0.717, 1.165) is 18.9 Å². The minimum absolute atomic E-state index is 0.397. The Morgan fingerprint density at radius 1 is 1.33 bits per heavy atom. The molecule has 0 aliphatic carbocycles. The van der Waals surface area contributed by atoms with Crippen LogP contribution in [-0.2, 0) is 0 Å². The Balaban J connectivity index is 1.89. The maximum atomic E-state index is 5.52. The molecule has 7 nitrogen and oxygen atoms in total. The summed E-state index contributed by atoms with van der Waals surface area (Å²) in [6.45, 7) is 5.52. The molecule has 2 aliphatic heterocycles. The van der Waals surface area contributed by atoms with Gasteiger partial charge in [-0.1, -0.05) is 6.42 Å². The number of nitrogens with zero attached hydrogens (tertiary/aromatic N) is 4. The molecule has 0 aromatic carbocycles. The maximum Gasteiger partial charge on any atom is 0.205 e. The third kappa shape index (κ3) is 2.63. The van der Waals surface area contributed by atoms with E-state index in [4.69, 9.17) is 10.6 Å². The molecule has 0 amide bonds. The minimum atomic E-state index is 0.397. The summed E-state index contributed by atoms with van der Waals surface area (Å²) < 4.78 is 5.48. The Morgan fingerprint density at radius 2 is 2.19 bits per heavy atom. The molecule has 2 fully saturated rings. The van der Waals surface area contributed by atoms with E-state index in [9.17, 15) is 0 Å². The van der Waals surface area contributed by atoms with Crippen molar-refractivity contribution in [3.05, 3.63) is 6.33 Å². The van der Waals surface area contributed by atoms with Crippen molar-refractivity contribution in [2.75, 3.05) is 37.1 Å². The molecule has 7 heteroatoms. The number of piperidine rings is 1. The van der Waals surface area contributed by atoms with Crippen molar-refractivity contribution in [2.45, 2.75) is 38.3 Å². The average Bonchev–Trinajstić information content (AvgIpc) is 2.53. The van der Waals surface area contributed by atoms with Crippen molar-refractivity contribution in [1.29, 1.82) is 0 Å². The van der Waals surface area contributed by atoms with Crippen LogP contribution in [0.5, 0.6) is 5.75 Å². The number of anilines is 2. The minimum Gasteiger partial charge on any atom is -0.490 e. The second-order valence-electron chi connectivity index (χ2n) is 5.87. The summed E-state index contributed by atoms with van der Waals surface area (Å²) in [5.41, 5.74) is 2.58. The van der Waals surface area contributed by atoms with Crippen LogP contribution in [0.25, 0.3) is 0 Å². The number of ether oxygens (including phenoxy) is 1. The lowest BCUT2D eigenvalue weighted by Crippen LogP contribution is -2.59. The Hall–Kier alpha value is -1.60. The van der Waals surface area contributed by atoms with E-state index >= 15 is 0 Å². The summed E-state index contributed by atoms with van der Waals surface area (Å²) >= 11 is 0. The summed E-state index contributed by atoms with van der Waals surface area (Å²) in [5, 5.41) is 0. The number of hydrazine groups is 1. The first-order chi connectivity index (χ1) is 10.2. The van der Waals surface area contributed by atoms with E-state index in [1.807, 2.05) is 0 Å². The van der Waals surface area contributed by atoms with Gasteiger partial charge in [0.15, 0.2) is 11.6 Å². The molecule has 1 aromatic rings. The molecule has 2 atom stereocenters. The van der Waals surface area contributed by atoms with Gasteiger partial charge < -0.3 is 15.1 Å².